The number of nitrogens with zero attached hydrogens (tertiary/aromatic N) is 2. The molecular weight excluding hydrogens is 432 g/mol. The minimum Gasteiger partial charge on any atom is -0.482 e. The van der Waals surface area contributed by atoms with E-state index in [1.165, 1.54) is 0 Å². The molecular formula is C26H26N4O4. The van der Waals surface area contributed by atoms with Crippen LogP contribution >= 0.6 is 0 Å². The first-order chi connectivity index (χ1) is 16.3. The zero-order valence-electron chi connectivity index (χ0n) is 19.2. The van der Waals surface area contributed by atoms with Crippen LogP contribution in [0, 0.1) is 0 Å². The van der Waals surface area contributed by atoms with E-state index in [1.54, 1.807) is 57.4 Å². The van der Waals surface area contributed by atoms with Crippen LogP contribution in [0.3, 0.4) is 0 Å². The zero-order valence-corrected chi connectivity index (χ0v) is 19.2. The summed E-state index contributed by atoms with van der Waals surface area (Å²) in [6, 6.07) is 18.5. The number of ether oxygens (including phenoxy) is 3. The Hall–Kier alpha value is -4.33. The van der Waals surface area contributed by atoms with Gasteiger partial charge in [-0.05, 0) is 50.6 Å². The summed E-state index contributed by atoms with van der Waals surface area (Å²) < 4.78 is 17.5. The van der Waals surface area contributed by atoms with Gasteiger partial charge in [0.1, 0.15) is 18.0 Å². The van der Waals surface area contributed by atoms with Gasteiger partial charge in [0.2, 0.25) is 5.75 Å². The van der Waals surface area contributed by atoms with Crippen LogP contribution in [0.1, 0.15) is 26.3 Å². The fourth-order valence-electron chi connectivity index (χ4n) is 3.27. The van der Waals surface area contributed by atoms with Crippen LogP contribution in [0.5, 0.6) is 17.2 Å². The number of aromatic nitrogens is 2. The quantitative estimate of drug-likeness (QED) is 0.368. The van der Waals surface area contributed by atoms with Gasteiger partial charge in [-0.25, -0.2) is 9.78 Å². The number of nitrogen functional groups attached to an aromatic ring is 1. The molecule has 0 radical (unpaired) electrons. The van der Waals surface area contributed by atoms with E-state index in [2.05, 4.69) is 15.3 Å². The molecule has 8 nitrogen and oxygen atoms in total. The van der Waals surface area contributed by atoms with E-state index in [-0.39, 0.29) is 5.82 Å². The highest BCUT2D eigenvalue weighted by molar-refractivity contribution is 6.00. The Balaban J connectivity index is 1.62. The number of rotatable bonds is 6. The number of fused-ring (bicyclic) bond motifs is 1. The molecule has 0 unspecified atom stereocenters. The molecule has 0 saturated carbocycles. The molecule has 3 N–H and O–H groups in total. The molecule has 8 heteroatoms. The van der Waals surface area contributed by atoms with Crippen molar-refractivity contribution in [2.75, 3.05) is 11.1 Å². The number of benzene rings is 2. The summed E-state index contributed by atoms with van der Waals surface area (Å²) in [6.07, 6.45) is 2.64. The van der Waals surface area contributed by atoms with Gasteiger partial charge < -0.3 is 19.9 Å². The molecule has 0 spiro atoms. The summed E-state index contributed by atoms with van der Waals surface area (Å²) in [5.74, 6) is 1.51. The molecule has 0 fully saturated rings. The van der Waals surface area contributed by atoms with Gasteiger partial charge in [0.15, 0.2) is 11.6 Å². The van der Waals surface area contributed by atoms with Crippen molar-refractivity contribution >= 4 is 28.5 Å². The maximum absolute atomic E-state index is 12.3. The van der Waals surface area contributed by atoms with Crippen molar-refractivity contribution in [3.63, 3.8) is 0 Å². The van der Waals surface area contributed by atoms with Gasteiger partial charge in [0.25, 0.3) is 0 Å². The standard InChI is InChI=1S/C26H26N4O4/c1-26(2,3)34-25(31)30-19-11-12-20(18-10-7-14-28-22(18)19)33-21-13-15-29-24(27)23(21)32-16-17-8-5-4-6-9-17/h4-15H,16H2,1-3H3,(H2,27,29)(H,30,31). The molecule has 34 heavy (non-hydrogen) atoms. The summed E-state index contributed by atoms with van der Waals surface area (Å²) in [5, 5.41) is 3.45. The summed E-state index contributed by atoms with van der Waals surface area (Å²) in [5.41, 5.74) is 7.53. The number of carbonyl (C=O) groups is 1. The minimum absolute atomic E-state index is 0.221. The van der Waals surface area contributed by atoms with E-state index in [1.807, 2.05) is 36.4 Å². The monoisotopic (exact) mass is 458 g/mol. The molecule has 0 aliphatic carbocycles. The summed E-state index contributed by atoms with van der Waals surface area (Å²) in [6.45, 7) is 5.72. The topological polar surface area (TPSA) is 109 Å². The number of nitrogens with one attached hydrogen (secondary N) is 1. The number of hydrogen-bond donors (Lipinski definition) is 2. The maximum atomic E-state index is 12.3. The van der Waals surface area contributed by atoms with E-state index >= 15 is 0 Å². The highest BCUT2D eigenvalue weighted by Gasteiger charge is 2.19. The first-order valence-corrected chi connectivity index (χ1v) is 10.8. The number of amides is 1. The van der Waals surface area contributed by atoms with Gasteiger partial charge in [-0.2, -0.15) is 0 Å². The molecule has 2 aromatic heterocycles. The van der Waals surface area contributed by atoms with Crippen molar-refractivity contribution in [3.05, 3.63) is 78.6 Å². The molecule has 4 rings (SSSR count). The third-order valence-corrected chi connectivity index (χ3v) is 4.71. The fraction of sp³-hybridized carbons (Fsp3) is 0.192. The van der Waals surface area contributed by atoms with E-state index < -0.39 is 11.7 Å². The number of nitrogens with two attached hydrogens (primary N) is 1. The van der Waals surface area contributed by atoms with Crippen molar-refractivity contribution in [2.24, 2.45) is 0 Å². The van der Waals surface area contributed by atoms with Crippen LogP contribution in [0.15, 0.2) is 73.1 Å². The molecule has 0 bridgehead atoms. The Kier molecular flexibility index (Phi) is 6.49. The lowest BCUT2D eigenvalue weighted by molar-refractivity contribution is 0.0636. The summed E-state index contributed by atoms with van der Waals surface area (Å²) in [4.78, 5) is 20.9. The van der Waals surface area contributed by atoms with Crippen LogP contribution in [-0.4, -0.2) is 21.7 Å². The second-order valence-corrected chi connectivity index (χ2v) is 8.54. The molecule has 1 amide bonds. The first-order valence-electron chi connectivity index (χ1n) is 10.8. The van der Waals surface area contributed by atoms with Crippen LogP contribution in [-0.2, 0) is 11.3 Å². The highest BCUT2D eigenvalue weighted by Crippen LogP contribution is 2.39. The lowest BCUT2D eigenvalue weighted by Crippen LogP contribution is -2.27. The number of carbonyl (C=O) groups excluding carboxylic acids is 1. The van der Waals surface area contributed by atoms with Crippen molar-refractivity contribution < 1.29 is 19.0 Å². The number of pyridine rings is 2. The Morgan fingerprint density at radius 3 is 2.50 bits per heavy atom. The predicted octanol–water partition coefficient (Wildman–Crippen LogP) is 5.93. The average molecular weight is 459 g/mol. The van der Waals surface area contributed by atoms with Gasteiger partial charge in [-0.15, -0.1) is 0 Å². The zero-order chi connectivity index (χ0) is 24.1. The Morgan fingerprint density at radius 1 is 0.941 bits per heavy atom. The van der Waals surface area contributed by atoms with E-state index in [9.17, 15) is 4.79 Å². The fourth-order valence-corrected chi connectivity index (χ4v) is 3.27. The summed E-state index contributed by atoms with van der Waals surface area (Å²) >= 11 is 0. The van der Waals surface area contributed by atoms with Crippen LogP contribution in [0.2, 0.25) is 0 Å². The van der Waals surface area contributed by atoms with E-state index in [0.717, 1.165) is 5.56 Å². The van der Waals surface area contributed by atoms with Crippen LogP contribution < -0.4 is 20.5 Å². The molecule has 0 aliphatic heterocycles. The SMILES string of the molecule is CC(C)(C)OC(=O)Nc1ccc(Oc2ccnc(N)c2OCc2ccccc2)c2cccnc12. The van der Waals surface area contributed by atoms with Crippen molar-refractivity contribution in [3.8, 4) is 17.2 Å². The van der Waals surface area contributed by atoms with Crippen LogP contribution in [0.25, 0.3) is 10.9 Å². The third-order valence-electron chi connectivity index (χ3n) is 4.71. The molecule has 4 aromatic rings. The lowest BCUT2D eigenvalue weighted by atomic mass is 10.1. The normalized spacial score (nSPS) is 11.1. The molecule has 2 aromatic carbocycles. The van der Waals surface area contributed by atoms with E-state index in [4.69, 9.17) is 19.9 Å². The third kappa shape index (κ3) is 5.53. The predicted molar refractivity (Wildman–Crippen MR) is 131 cm³/mol. The number of anilines is 2. The first kappa shape index (κ1) is 22.8. The smallest absolute Gasteiger partial charge is 0.412 e. The Bertz CT molecular complexity index is 1300. The maximum Gasteiger partial charge on any atom is 0.412 e. The molecule has 2 heterocycles. The molecule has 0 atom stereocenters. The Morgan fingerprint density at radius 2 is 1.74 bits per heavy atom. The van der Waals surface area contributed by atoms with Crippen molar-refractivity contribution in [1.29, 1.82) is 0 Å². The lowest BCUT2D eigenvalue weighted by Gasteiger charge is -2.20. The van der Waals surface area contributed by atoms with Crippen molar-refractivity contribution in [1.82, 2.24) is 9.97 Å². The molecule has 0 aliphatic rings. The van der Waals surface area contributed by atoms with Gasteiger partial charge in [0.05, 0.1) is 11.2 Å². The summed E-state index contributed by atoms with van der Waals surface area (Å²) in [7, 11) is 0. The Labute approximate surface area is 197 Å². The minimum atomic E-state index is -0.617. The van der Waals surface area contributed by atoms with Crippen molar-refractivity contribution in [2.45, 2.75) is 33.0 Å². The average Bonchev–Trinajstić information content (AvgIpc) is 2.80. The van der Waals surface area contributed by atoms with Crippen LogP contribution in [0.4, 0.5) is 16.3 Å². The second-order valence-electron chi connectivity index (χ2n) is 8.54. The van der Waals surface area contributed by atoms with Gasteiger partial charge in [0, 0.05) is 23.8 Å². The van der Waals surface area contributed by atoms with Gasteiger partial charge >= 0.3 is 6.09 Å². The van der Waals surface area contributed by atoms with Gasteiger partial charge in [-0.3, -0.25) is 10.3 Å². The second kappa shape index (κ2) is 9.66. The largest absolute Gasteiger partial charge is 0.482 e. The van der Waals surface area contributed by atoms with E-state index in [0.29, 0.717) is 40.4 Å². The highest BCUT2D eigenvalue weighted by atomic mass is 16.6. The molecule has 174 valence electrons. The number of hydrogen-bond acceptors (Lipinski definition) is 7. The molecule has 0 saturated heterocycles. The van der Waals surface area contributed by atoms with Gasteiger partial charge in [-0.1, -0.05) is 30.3 Å².